The number of carbonyl (C=O) groups excluding carboxylic acids is 1. The lowest BCUT2D eigenvalue weighted by molar-refractivity contribution is -0.956. The van der Waals surface area contributed by atoms with Gasteiger partial charge in [-0.05, 0) is 17.5 Å². The number of ether oxygens (including phenoxy) is 3. The van der Waals surface area contributed by atoms with E-state index in [4.69, 9.17) is 14.2 Å². The summed E-state index contributed by atoms with van der Waals surface area (Å²) in [6.45, 7) is 5.56. The van der Waals surface area contributed by atoms with Gasteiger partial charge in [0.25, 0.3) is 0 Å². The maximum atomic E-state index is 14.4. The third-order valence-corrected chi connectivity index (χ3v) is 10.2. The number of hydrogen-bond acceptors (Lipinski definition) is 4. The zero-order valence-corrected chi connectivity index (χ0v) is 25.3. The molecule has 3 fully saturated rings. The molecule has 2 unspecified atom stereocenters. The zero-order valence-electron chi connectivity index (χ0n) is 25.3. The van der Waals surface area contributed by atoms with Crippen molar-refractivity contribution in [2.24, 2.45) is 0 Å². The fourth-order valence-corrected chi connectivity index (χ4v) is 8.04. The second-order valence-electron chi connectivity index (χ2n) is 12.7. The molecule has 1 spiro atoms. The number of benzene rings is 2. The molecule has 41 heavy (non-hydrogen) atoms. The van der Waals surface area contributed by atoms with Crippen LogP contribution in [0.15, 0.2) is 60.7 Å². The van der Waals surface area contributed by atoms with E-state index in [-0.39, 0.29) is 18.9 Å². The summed E-state index contributed by atoms with van der Waals surface area (Å²) in [4.78, 5) is 14.4. The van der Waals surface area contributed by atoms with Crippen molar-refractivity contribution in [2.45, 2.75) is 121 Å². The quantitative estimate of drug-likeness (QED) is 0.0903. The molecule has 5 heteroatoms. The molecule has 5 nitrogen and oxygen atoms in total. The van der Waals surface area contributed by atoms with Gasteiger partial charge in [-0.15, -0.1) is 0 Å². The van der Waals surface area contributed by atoms with Crippen LogP contribution >= 0.6 is 0 Å². The van der Waals surface area contributed by atoms with Gasteiger partial charge in [0, 0.05) is 45.1 Å². The predicted molar refractivity (Wildman–Crippen MR) is 163 cm³/mol. The Kier molecular flexibility index (Phi) is 10.9. The third kappa shape index (κ3) is 6.89. The Morgan fingerprint density at radius 1 is 0.780 bits per heavy atom. The molecule has 2 aromatic rings. The number of carbonyl (C=O) groups is 1. The molecule has 3 saturated heterocycles. The molecule has 5 rings (SSSR count). The van der Waals surface area contributed by atoms with Crippen LogP contribution in [0.5, 0.6) is 0 Å². The van der Waals surface area contributed by atoms with Gasteiger partial charge in [0.15, 0.2) is 0 Å². The third-order valence-electron chi connectivity index (χ3n) is 10.2. The predicted octanol–water partition coefficient (Wildman–Crippen LogP) is 7.91. The lowest BCUT2D eigenvalue weighted by atomic mass is 9.85. The number of quaternary nitrogens is 1. The van der Waals surface area contributed by atoms with E-state index in [1.54, 1.807) is 0 Å². The van der Waals surface area contributed by atoms with Gasteiger partial charge in [-0.1, -0.05) is 113 Å². The molecule has 0 radical (unpaired) electrons. The van der Waals surface area contributed by atoms with E-state index >= 15 is 0 Å². The summed E-state index contributed by atoms with van der Waals surface area (Å²) < 4.78 is 20.3. The molecule has 0 aromatic heterocycles. The molecule has 0 N–H and O–H groups in total. The van der Waals surface area contributed by atoms with E-state index in [0.717, 1.165) is 30.4 Å². The molecule has 0 saturated carbocycles. The number of esters is 1. The Hall–Kier alpha value is -2.21. The first-order valence-corrected chi connectivity index (χ1v) is 16.6. The molecule has 224 valence electrons. The molecule has 3 aliphatic heterocycles. The van der Waals surface area contributed by atoms with E-state index in [0.29, 0.717) is 18.7 Å². The molecule has 2 atom stereocenters. The highest BCUT2D eigenvalue weighted by Gasteiger charge is 2.56. The van der Waals surface area contributed by atoms with Crippen LogP contribution in [0.4, 0.5) is 0 Å². The van der Waals surface area contributed by atoms with Crippen LogP contribution in [0.1, 0.15) is 108 Å². The standard InChI is InChI=1S/C36H52NO4/c1-2-3-4-5-6-7-8-17-26-39-29-40-36(30-18-11-9-12-19-30,31-20-13-10-14-21-31)35(38)41-34-27-32-22-23-33(28-34)37(32)24-15-16-25-37/h9-14,18-21,32-34H,2-8,15-17,22-29H2,1H3/q+1. The van der Waals surface area contributed by atoms with Crippen LogP contribution in [-0.2, 0) is 24.6 Å². The fraction of sp³-hybridized carbons (Fsp3) is 0.639. The van der Waals surface area contributed by atoms with Crippen molar-refractivity contribution in [2.75, 3.05) is 26.5 Å². The maximum absolute atomic E-state index is 14.4. The number of hydrogen-bond donors (Lipinski definition) is 0. The van der Waals surface area contributed by atoms with Gasteiger partial charge in [0.05, 0.1) is 25.2 Å². The van der Waals surface area contributed by atoms with Crippen molar-refractivity contribution in [1.82, 2.24) is 0 Å². The summed E-state index contributed by atoms with van der Waals surface area (Å²) in [5, 5.41) is 0. The largest absolute Gasteiger partial charge is 0.459 e. The lowest BCUT2D eigenvalue weighted by Crippen LogP contribution is -2.60. The number of rotatable bonds is 16. The number of nitrogens with zero attached hydrogens (tertiary/aromatic N) is 1. The minimum atomic E-state index is -1.36. The van der Waals surface area contributed by atoms with Crippen LogP contribution in [0.2, 0.25) is 0 Å². The van der Waals surface area contributed by atoms with E-state index < -0.39 is 5.60 Å². The van der Waals surface area contributed by atoms with Gasteiger partial charge in [0.1, 0.15) is 12.9 Å². The first-order valence-electron chi connectivity index (χ1n) is 16.6. The number of unbranched alkanes of at least 4 members (excludes halogenated alkanes) is 7. The molecule has 3 aliphatic rings. The van der Waals surface area contributed by atoms with Crippen LogP contribution in [0.25, 0.3) is 0 Å². The van der Waals surface area contributed by atoms with Crippen molar-refractivity contribution in [3.8, 4) is 0 Å². The van der Waals surface area contributed by atoms with Crippen molar-refractivity contribution >= 4 is 5.97 Å². The summed E-state index contributed by atoms with van der Waals surface area (Å²) in [6.07, 6.45) is 17.1. The van der Waals surface area contributed by atoms with Gasteiger partial charge in [0.2, 0.25) is 5.60 Å². The normalized spacial score (nSPS) is 23.2. The lowest BCUT2D eigenvalue weighted by Gasteiger charge is -2.47. The topological polar surface area (TPSA) is 44.8 Å². The van der Waals surface area contributed by atoms with Gasteiger partial charge in [-0.3, -0.25) is 0 Å². The molecule has 0 amide bonds. The van der Waals surface area contributed by atoms with Gasteiger partial charge in [-0.25, -0.2) is 4.79 Å². The average Bonchev–Trinajstić information content (AvgIpc) is 3.55. The van der Waals surface area contributed by atoms with E-state index in [9.17, 15) is 4.79 Å². The SMILES string of the molecule is CCCCCCCCCCOCOC(C(=O)OC1CC2CCC(C1)[N+]21CCCC1)(c1ccccc1)c1ccccc1. The van der Waals surface area contributed by atoms with Crippen molar-refractivity contribution in [3.63, 3.8) is 0 Å². The van der Waals surface area contributed by atoms with Gasteiger partial charge in [-0.2, -0.15) is 0 Å². The van der Waals surface area contributed by atoms with E-state index in [1.807, 2.05) is 60.7 Å². The summed E-state index contributed by atoms with van der Waals surface area (Å²) in [6, 6.07) is 21.0. The summed E-state index contributed by atoms with van der Waals surface area (Å²) >= 11 is 0. The van der Waals surface area contributed by atoms with Crippen molar-refractivity contribution in [1.29, 1.82) is 0 Å². The van der Waals surface area contributed by atoms with Crippen LogP contribution in [0, 0.1) is 0 Å². The van der Waals surface area contributed by atoms with Gasteiger partial charge < -0.3 is 18.7 Å². The van der Waals surface area contributed by atoms with Crippen LogP contribution < -0.4 is 0 Å². The molecule has 3 heterocycles. The van der Waals surface area contributed by atoms with Crippen molar-refractivity contribution < 1.29 is 23.5 Å². The monoisotopic (exact) mass is 562 g/mol. The number of piperidine rings is 1. The zero-order chi connectivity index (χ0) is 28.4. The maximum Gasteiger partial charge on any atom is 0.348 e. The van der Waals surface area contributed by atoms with Crippen LogP contribution in [-0.4, -0.2) is 55.1 Å². The average molecular weight is 563 g/mol. The molecular formula is C36H52NO4+. The Balaban J connectivity index is 1.25. The van der Waals surface area contributed by atoms with Crippen molar-refractivity contribution in [3.05, 3.63) is 71.8 Å². The highest BCUT2D eigenvalue weighted by Crippen LogP contribution is 2.47. The second-order valence-corrected chi connectivity index (χ2v) is 12.7. The molecule has 2 aromatic carbocycles. The van der Waals surface area contributed by atoms with E-state index in [2.05, 4.69) is 6.92 Å². The Morgan fingerprint density at radius 2 is 1.32 bits per heavy atom. The van der Waals surface area contributed by atoms with Gasteiger partial charge >= 0.3 is 5.97 Å². The highest BCUT2D eigenvalue weighted by atomic mass is 16.7. The smallest absolute Gasteiger partial charge is 0.348 e. The Bertz CT molecular complexity index is 996. The van der Waals surface area contributed by atoms with E-state index in [1.165, 1.54) is 88.2 Å². The van der Waals surface area contributed by atoms with Crippen LogP contribution in [0.3, 0.4) is 0 Å². The fourth-order valence-electron chi connectivity index (χ4n) is 8.04. The summed E-state index contributed by atoms with van der Waals surface area (Å²) in [5.41, 5.74) is 0.209. The Morgan fingerprint density at radius 3 is 1.88 bits per heavy atom. The first kappa shape index (κ1) is 30.3. The second kappa shape index (κ2) is 14.8. The summed E-state index contributed by atoms with van der Waals surface area (Å²) in [7, 11) is 0. The molecular weight excluding hydrogens is 510 g/mol. The minimum Gasteiger partial charge on any atom is -0.459 e. The summed E-state index contributed by atoms with van der Waals surface area (Å²) in [5.74, 6) is -0.315. The Labute approximate surface area is 248 Å². The highest BCUT2D eigenvalue weighted by molar-refractivity contribution is 5.86. The first-order chi connectivity index (χ1) is 20.2. The molecule has 0 aliphatic carbocycles. The minimum absolute atomic E-state index is 0.0469. The molecule has 2 bridgehead atoms.